The number of hydrogen-bond donors (Lipinski definition) is 2. The van der Waals surface area contributed by atoms with Crippen LogP contribution >= 0.6 is 11.6 Å². The van der Waals surface area contributed by atoms with Gasteiger partial charge < -0.3 is 15.4 Å². The average molecular weight is 359 g/mol. The zero-order valence-corrected chi connectivity index (χ0v) is 13.5. The number of halogens is 3. The number of amides is 2. The molecule has 3 atom stereocenters. The van der Waals surface area contributed by atoms with Crippen molar-refractivity contribution in [2.45, 2.75) is 37.3 Å². The molecule has 1 aromatic carbocycles. The molecule has 1 saturated carbocycles. The monoisotopic (exact) mass is 358 g/mol. The second-order valence-electron chi connectivity index (χ2n) is 6.17. The molecule has 5 nitrogen and oxygen atoms in total. The molecule has 3 rings (SSSR count). The van der Waals surface area contributed by atoms with Crippen molar-refractivity contribution in [3.63, 3.8) is 0 Å². The quantitative estimate of drug-likeness (QED) is 0.869. The van der Waals surface area contributed by atoms with Gasteiger partial charge in [-0.3, -0.25) is 4.79 Å². The number of rotatable bonds is 4. The number of hydrogen-bond acceptors (Lipinski definition) is 3. The highest BCUT2D eigenvalue weighted by Gasteiger charge is 2.44. The number of ether oxygens (including phenoxy) is 1. The third kappa shape index (κ3) is 3.77. The summed E-state index contributed by atoms with van der Waals surface area (Å²) in [5.41, 5.74) is 0.702. The maximum absolute atomic E-state index is 13.6. The Labute approximate surface area is 142 Å². The molecular weight excluding hydrogens is 342 g/mol. The van der Waals surface area contributed by atoms with E-state index in [9.17, 15) is 18.4 Å². The van der Waals surface area contributed by atoms with E-state index in [4.69, 9.17) is 16.3 Å². The Hall–Kier alpha value is -1.89. The summed E-state index contributed by atoms with van der Waals surface area (Å²) in [5.74, 6) is -3.61. The van der Waals surface area contributed by atoms with Gasteiger partial charge in [0.1, 0.15) is 0 Å². The van der Waals surface area contributed by atoms with Crippen LogP contribution in [0.2, 0.25) is 5.02 Å². The van der Waals surface area contributed by atoms with E-state index < -0.39 is 36.0 Å². The fraction of sp³-hybridized carbons (Fsp3) is 0.500. The van der Waals surface area contributed by atoms with E-state index in [1.54, 1.807) is 24.3 Å². The number of carbonyl (C=O) groups is 2. The van der Waals surface area contributed by atoms with Gasteiger partial charge in [-0.2, -0.15) is 0 Å². The molecule has 130 valence electrons. The van der Waals surface area contributed by atoms with Gasteiger partial charge in [0.15, 0.2) is 6.10 Å². The summed E-state index contributed by atoms with van der Waals surface area (Å²) in [6, 6.07) is 6.15. The Balaban J connectivity index is 1.78. The summed E-state index contributed by atoms with van der Waals surface area (Å²) in [6.07, 6.45) is -1.79. The van der Waals surface area contributed by atoms with Crippen molar-refractivity contribution in [2.75, 3.05) is 6.54 Å². The van der Waals surface area contributed by atoms with Crippen LogP contribution in [0.25, 0.3) is 0 Å². The zero-order chi connectivity index (χ0) is 17.3. The molecule has 1 heterocycles. The molecule has 1 aliphatic heterocycles. The number of carbonyl (C=O) groups excluding carboxylic acids is 2. The van der Waals surface area contributed by atoms with Gasteiger partial charge in [-0.05, 0) is 30.0 Å². The Morgan fingerprint density at radius 1 is 1.38 bits per heavy atom. The molecule has 2 N–H and O–H groups in total. The largest absolute Gasteiger partial charge is 0.434 e. The van der Waals surface area contributed by atoms with Gasteiger partial charge in [0, 0.05) is 17.9 Å². The van der Waals surface area contributed by atoms with Gasteiger partial charge in [0.25, 0.3) is 5.91 Å². The van der Waals surface area contributed by atoms with Crippen LogP contribution in [0.1, 0.15) is 30.9 Å². The summed E-state index contributed by atoms with van der Waals surface area (Å²) in [6.45, 7) is 0.0683. The van der Waals surface area contributed by atoms with Crippen LogP contribution in [0, 0.1) is 5.92 Å². The van der Waals surface area contributed by atoms with Crippen LogP contribution in [0.4, 0.5) is 13.6 Å². The van der Waals surface area contributed by atoms with Gasteiger partial charge in [-0.1, -0.05) is 23.7 Å². The van der Waals surface area contributed by atoms with Crippen LogP contribution in [0.5, 0.6) is 0 Å². The average Bonchev–Trinajstić information content (AvgIpc) is 3.11. The minimum atomic E-state index is -2.72. The Kier molecular flexibility index (Phi) is 4.62. The highest BCUT2D eigenvalue weighted by atomic mass is 35.5. The van der Waals surface area contributed by atoms with E-state index in [2.05, 4.69) is 10.6 Å². The van der Waals surface area contributed by atoms with Gasteiger partial charge in [0.05, 0.1) is 12.6 Å². The minimum absolute atomic E-state index is 0.0683. The molecule has 0 radical (unpaired) electrons. The third-order valence-electron chi connectivity index (χ3n) is 4.41. The fourth-order valence-corrected chi connectivity index (χ4v) is 3.32. The molecule has 1 aliphatic carbocycles. The molecule has 24 heavy (non-hydrogen) atoms. The van der Waals surface area contributed by atoms with E-state index in [0.717, 1.165) is 0 Å². The lowest BCUT2D eigenvalue weighted by molar-refractivity contribution is -0.129. The second-order valence-corrected chi connectivity index (χ2v) is 6.61. The molecule has 2 aliphatic rings. The molecular formula is C16H17ClF2N2O3. The van der Waals surface area contributed by atoms with Crippen LogP contribution in [0.3, 0.4) is 0 Å². The van der Waals surface area contributed by atoms with E-state index >= 15 is 0 Å². The highest BCUT2D eigenvalue weighted by Crippen LogP contribution is 2.44. The summed E-state index contributed by atoms with van der Waals surface area (Å²) in [4.78, 5) is 23.4. The van der Waals surface area contributed by atoms with Crippen LogP contribution in [0.15, 0.2) is 24.3 Å². The Bertz CT molecular complexity index is 639. The summed E-state index contributed by atoms with van der Waals surface area (Å²) >= 11 is 5.87. The number of alkyl halides is 2. The molecule has 2 fully saturated rings. The molecule has 8 heteroatoms. The highest BCUT2D eigenvalue weighted by molar-refractivity contribution is 6.30. The lowest BCUT2D eigenvalue weighted by atomic mass is 9.91. The molecule has 0 bridgehead atoms. The topological polar surface area (TPSA) is 67.4 Å². The molecule has 2 amide bonds. The smallest absolute Gasteiger partial charge is 0.408 e. The van der Waals surface area contributed by atoms with E-state index in [0.29, 0.717) is 17.0 Å². The van der Waals surface area contributed by atoms with Crippen molar-refractivity contribution in [1.82, 2.24) is 10.6 Å². The van der Waals surface area contributed by atoms with Crippen LogP contribution in [-0.2, 0) is 9.53 Å². The van der Waals surface area contributed by atoms with Crippen LogP contribution in [-0.4, -0.2) is 30.6 Å². The first-order valence-electron chi connectivity index (χ1n) is 7.72. The van der Waals surface area contributed by atoms with E-state index in [1.165, 1.54) is 0 Å². The first-order chi connectivity index (χ1) is 11.3. The second kappa shape index (κ2) is 6.55. The summed E-state index contributed by atoms with van der Waals surface area (Å²) < 4.78 is 32.1. The van der Waals surface area contributed by atoms with Crippen molar-refractivity contribution in [1.29, 1.82) is 0 Å². The van der Waals surface area contributed by atoms with Gasteiger partial charge in [-0.25, -0.2) is 13.6 Å². The van der Waals surface area contributed by atoms with Crippen molar-refractivity contribution < 1.29 is 23.1 Å². The number of alkyl carbamates (subject to hydrolysis) is 1. The third-order valence-corrected chi connectivity index (χ3v) is 4.67. The predicted molar refractivity (Wildman–Crippen MR) is 82.9 cm³/mol. The van der Waals surface area contributed by atoms with Crippen molar-refractivity contribution in [3.05, 3.63) is 34.9 Å². The van der Waals surface area contributed by atoms with Crippen LogP contribution < -0.4 is 10.6 Å². The standard InChI is InChI=1S/C16H17ClF2N2O3/c17-11-3-1-9(2-4-11)13(10-5-6-16(18,19)7-10)21-14(22)12-8-20-15(23)24-12/h1-4,10,12-13H,5-8H2,(H,20,23)(H,21,22)/t10-,12-,13?/m0/s1. The number of benzene rings is 1. The molecule has 0 spiro atoms. The van der Waals surface area contributed by atoms with E-state index in [-0.39, 0.29) is 19.4 Å². The molecule has 1 unspecified atom stereocenters. The summed E-state index contributed by atoms with van der Waals surface area (Å²) in [7, 11) is 0. The lowest BCUT2D eigenvalue weighted by Gasteiger charge is -2.26. The molecule has 0 aromatic heterocycles. The predicted octanol–water partition coefficient (Wildman–Crippen LogP) is 3.04. The SMILES string of the molecule is O=C1NC[C@@H](C(=O)NC(c2ccc(Cl)cc2)[C@H]2CCC(F)(F)C2)O1. The van der Waals surface area contributed by atoms with Gasteiger partial charge in [-0.15, -0.1) is 0 Å². The fourth-order valence-electron chi connectivity index (χ4n) is 3.19. The van der Waals surface area contributed by atoms with Crippen molar-refractivity contribution in [3.8, 4) is 0 Å². The Morgan fingerprint density at radius 2 is 2.08 bits per heavy atom. The van der Waals surface area contributed by atoms with Crippen molar-refractivity contribution >= 4 is 23.6 Å². The first-order valence-corrected chi connectivity index (χ1v) is 8.10. The minimum Gasteiger partial charge on any atom is -0.434 e. The maximum atomic E-state index is 13.6. The normalized spacial score (nSPS) is 26.5. The molecule has 1 aromatic rings. The lowest BCUT2D eigenvalue weighted by Crippen LogP contribution is -2.41. The number of nitrogens with one attached hydrogen (secondary N) is 2. The van der Waals surface area contributed by atoms with Crippen molar-refractivity contribution in [2.24, 2.45) is 5.92 Å². The summed E-state index contributed by atoms with van der Waals surface area (Å²) in [5, 5.41) is 5.68. The zero-order valence-electron chi connectivity index (χ0n) is 12.7. The molecule has 1 saturated heterocycles. The van der Waals surface area contributed by atoms with Gasteiger partial charge in [0.2, 0.25) is 5.92 Å². The van der Waals surface area contributed by atoms with E-state index in [1.807, 2.05) is 0 Å². The first kappa shape index (κ1) is 17.0. The van der Waals surface area contributed by atoms with Gasteiger partial charge >= 0.3 is 6.09 Å². The Morgan fingerprint density at radius 3 is 2.62 bits per heavy atom. The number of cyclic esters (lactones) is 1. The maximum Gasteiger partial charge on any atom is 0.408 e.